The molecule has 4 nitrogen and oxygen atoms in total. The van der Waals surface area contributed by atoms with Crippen LogP contribution in [0.25, 0.3) is 0 Å². The Morgan fingerprint density at radius 1 is 1.35 bits per heavy atom. The molecule has 1 fully saturated rings. The quantitative estimate of drug-likeness (QED) is 0.856. The maximum atomic E-state index is 11.2. The van der Waals surface area contributed by atoms with Gasteiger partial charge in [0.15, 0.2) is 0 Å². The van der Waals surface area contributed by atoms with Crippen molar-refractivity contribution in [3.63, 3.8) is 0 Å². The van der Waals surface area contributed by atoms with Crippen LogP contribution in [0, 0.1) is 0 Å². The molecule has 0 amide bonds. The molecule has 0 bridgehead atoms. The van der Waals surface area contributed by atoms with Crippen molar-refractivity contribution < 1.29 is 14.3 Å². The number of carboxylic acids is 1. The molecule has 0 saturated heterocycles. The van der Waals surface area contributed by atoms with E-state index in [9.17, 15) is 9.90 Å². The van der Waals surface area contributed by atoms with Gasteiger partial charge < -0.3 is 9.52 Å². The van der Waals surface area contributed by atoms with Crippen LogP contribution < -0.4 is 0 Å². The fourth-order valence-electron chi connectivity index (χ4n) is 2.28. The Balaban J connectivity index is 2.42. The normalized spacial score (nSPS) is 17.6. The van der Waals surface area contributed by atoms with Gasteiger partial charge in [0.1, 0.15) is 0 Å². The number of carboxylic acid groups (broad SMARTS) is 1. The van der Waals surface area contributed by atoms with Gasteiger partial charge in [0, 0.05) is 11.3 Å². The lowest BCUT2D eigenvalue weighted by atomic mass is 9.97. The highest BCUT2D eigenvalue weighted by atomic mass is 16.4. The first kappa shape index (κ1) is 12.1. The summed E-state index contributed by atoms with van der Waals surface area (Å²) in [5, 5.41) is 9.17. The zero-order valence-electron chi connectivity index (χ0n) is 10.6. The van der Waals surface area contributed by atoms with E-state index in [0.717, 1.165) is 25.7 Å². The fourth-order valence-corrected chi connectivity index (χ4v) is 2.28. The van der Waals surface area contributed by atoms with Crippen LogP contribution >= 0.6 is 0 Å². The minimum Gasteiger partial charge on any atom is -0.475 e. The second kappa shape index (κ2) is 4.17. The Labute approximate surface area is 101 Å². The topological polar surface area (TPSA) is 63.3 Å². The summed E-state index contributed by atoms with van der Waals surface area (Å²) < 4.78 is 5.44. The van der Waals surface area contributed by atoms with Crippen LogP contribution in [0.5, 0.6) is 0 Å². The molecule has 1 aromatic heterocycles. The first-order valence-corrected chi connectivity index (χ1v) is 6.14. The van der Waals surface area contributed by atoms with Crippen molar-refractivity contribution in [3.05, 3.63) is 17.3 Å². The Hall–Kier alpha value is -1.32. The molecule has 1 N–H and O–H groups in total. The van der Waals surface area contributed by atoms with Crippen LogP contribution in [0.1, 0.15) is 74.5 Å². The average Bonchev–Trinajstić information content (AvgIpc) is 2.85. The van der Waals surface area contributed by atoms with E-state index in [1.807, 2.05) is 20.8 Å². The van der Waals surface area contributed by atoms with Crippen molar-refractivity contribution in [2.45, 2.75) is 57.8 Å². The first-order chi connectivity index (χ1) is 7.89. The van der Waals surface area contributed by atoms with Gasteiger partial charge in [-0.15, -0.1) is 0 Å². The summed E-state index contributed by atoms with van der Waals surface area (Å²) >= 11 is 0. The number of oxazole rings is 1. The van der Waals surface area contributed by atoms with Gasteiger partial charge in [0.05, 0.1) is 5.69 Å². The van der Waals surface area contributed by atoms with Gasteiger partial charge in [-0.3, -0.25) is 0 Å². The molecule has 0 aliphatic heterocycles. The lowest BCUT2D eigenvalue weighted by molar-refractivity contribution is 0.0656. The minimum absolute atomic E-state index is 0.0434. The number of hydrogen-bond donors (Lipinski definition) is 1. The Morgan fingerprint density at radius 3 is 2.41 bits per heavy atom. The second-order valence-electron chi connectivity index (χ2n) is 5.77. The number of rotatable bonds is 2. The lowest BCUT2D eigenvalue weighted by Gasteiger charge is -2.12. The molecule has 94 valence electrons. The maximum absolute atomic E-state index is 11.2. The lowest BCUT2D eigenvalue weighted by Crippen LogP contribution is -2.11. The second-order valence-corrected chi connectivity index (χ2v) is 5.77. The van der Waals surface area contributed by atoms with E-state index in [-0.39, 0.29) is 17.1 Å². The zero-order chi connectivity index (χ0) is 12.6. The Kier molecular flexibility index (Phi) is 2.98. The highest BCUT2D eigenvalue weighted by molar-refractivity contribution is 5.85. The minimum atomic E-state index is -1.00. The predicted octanol–water partition coefficient (Wildman–Crippen LogP) is 3.33. The van der Waals surface area contributed by atoms with E-state index < -0.39 is 5.97 Å². The molecule has 17 heavy (non-hydrogen) atoms. The monoisotopic (exact) mass is 237 g/mol. The Bertz CT molecular complexity index is 422. The smallest absolute Gasteiger partial charge is 0.373 e. The van der Waals surface area contributed by atoms with Crippen LogP contribution in [0.4, 0.5) is 0 Å². The SMILES string of the molecule is CC(C)(C)c1nc(C2CCCC2)c(C(=O)O)o1. The van der Waals surface area contributed by atoms with Crippen molar-refractivity contribution in [2.75, 3.05) is 0 Å². The van der Waals surface area contributed by atoms with E-state index in [1.165, 1.54) is 0 Å². The third-order valence-electron chi connectivity index (χ3n) is 3.23. The van der Waals surface area contributed by atoms with Gasteiger partial charge in [-0.05, 0) is 12.8 Å². The van der Waals surface area contributed by atoms with Crippen LogP contribution in [0.2, 0.25) is 0 Å². The largest absolute Gasteiger partial charge is 0.475 e. The molecule has 0 radical (unpaired) electrons. The average molecular weight is 237 g/mol. The zero-order valence-corrected chi connectivity index (χ0v) is 10.6. The number of aromatic nitrogens is 1. The van der Waals surface area contributed by atoms with Crippen molar-refractivity contribution >= 4 is 5.97 Å². The summed E-state index contributed by atoms with van der Waals surface area (Å²) in [5.74, 6) is -0.172. The van der Waals surface area contributed by atoms with Crippen molar-refractivity contribution in [1.82, 2.24) is 4.98 Å². The standard InChI is InChI=1S/C13H19NO3/c1-13(2,3)12-14-9(8-6-4-5-7-8)10(17-12)11(15)16/h8H,4-7H2,1-3H3,(H,15,16). The maximum Gasteiger partial charge on any atom is 0.373 e. The number of aromatic carboxylic acids is 1. The summed E-state index contributed by atoms with van der Waals surface area (Å²) in [7, 11) is 0. The molecular weight excluding hydrogens is 218 g/mol. The number of nitrogens with zero attached hydrogens (tertiary/aromatic N) is 1. The highest BCUT2D eigenvalue weighted by Crippen LogP contribution is 2.37. The molecule has 1 aliphatic carbocycles. The molecule has 1 saturated carbocycles. The van der Waals surface area contributed by atoms with E-state index in [2.05, 4.69) is 4.98 Å². The first-order valence-electron chi connectivity index (χ1n) is 6.14. The molecule has 4 heteroatoms. The van der Waals surface area contributed by atoms with Gasteiger partial charge >= 0.3 is 5.97 Å². The van der Waals surface area contributed by atoms with E-state index >= 15 is 0 Å². The van der Waals surface area contributed by atoms with Gasteiger partial charge in [-0.1, -0.05) is 33.6 Å². The van der Waals surface area contributed by atoms with Gasteiger partial charge in [-0.25, -0.2) is 9.78 Å². The fraction of sp³-hybridized carbons (Fsp3) is 0.692. The number of carbonyl (C=O) groups is 1. The highest BCUT2D eigenvalue weighted by Gasteiger charge is 2.31. The molecule has 1 heterocycles. The van der Waals surface area contributed by atoms with Crippen LogP contribution in [0.3, 0.4) is 0 Å². The van der Waals surface area contributed by atoms with Crippen molar-refractivity contribution in [1.29, 1.82) is 0 Å². The van der Waals surface area contributed by atoms with E-state index in [1.54, 1.807) is 0 Å². The third-order valence-corrected chi connectivity index (χ3v) is 3.23. The Morgan fingerprint density at radius 2 is 1.94 bits per heavy atom. The van der Waals surface area contributed by atoms with Crippen molar-refractivity contribution in [2.24, 2.45) is 0 Å². The molecule has 0 aromatic carbocycles. The number of hydrogen-bond acceptors (Lipinski definition) is 3. The molecule has 0 unspecified atom stereocenters. The van der Waals surface area contributed by atoms with Gasteiger partial charge in [0.2, 0.25) is 11.7 Å². The molecular formula is C13H19NO3. The molecule has 0 spiro atoms. The predicted molar refractivity (Wildman–Crippen MR) is 63.4 cm³/mol. The molecule has 1 aromatic rings. The summed E-state index contributed by atoms with van der Waals surface area (Å²) in [6.45, 7) is 5.93. The summed E-state index contributed by atoms with van der Waals surface area (Å²) in [5.41, 5.74) is 0.404. The van der Waals surface area contributed by atoms with Crippen LogP contribution in [-0.2, 0) is 5.41 Å². The van der Waals surface area contributed by atoms with Crippen LogP contribution in [0.15, 0.2) is 4.42 Å². The van der Waals surface area contributed by atoms with Gasteiger partial charge in [0.25, 0.3) is 0 Å². The third kappa shape index (κ3) is 2.35. The molecule has 0 atom stereocenters. The van der Waals surface area contributed by atoms with E-state index in [0.29, 0.717) is 11.6 Å². The summed E-state index contributed by atoms with van der Waals surface area (Å²) in [6, 6.07) is 0. The summed E-state index contributed by atoms with van der Waals surface area (Å²) in [6.07, 6.45) is 4.36. The molecule has 2 rings (SSSR count). The van der Waals surface area contributed by atoms with E-state index in [4.69, 9.17) is 4.42 Å². The molecule has 1 aliphatic rings. The van der Waals surface area contributed by atoms with Gasteiger partial charge in [-0.2, -0.15) is 0 Å². The summed E-state index contributed by atoms with van der Waals surface area (Å²) in [4.78, 5) is 15.6. The van der Waals surface area contributed by atoms with Crippen LogP contribution in [-0.4, -0.2) is 16.1 Å². The van der Waals surface area contributed by atoms with Crippen molar-refractivity contribution in [3.8, 4) is 0 Å².